The molecule has 0 fully saturated rings. The number of phosphoric ester groups is 1. The van der Waals surface area contributed by atoms with E-state index in [9.17, 15) is 19.0 Å². The highest BCUT2D eigenvalue weighted by molar-refractivity contribution is 7.47. The number of likely N-dealkylation sites (N-methyl/N-ethyl adjacent to an activating group) is 1. The van der Waals surface area contributed by atoms with Crippen LogP contribution in [-0.4, -0.2) is 74.3 Å². The Bertz CT molecular complexity index is 1880. The van der Waals surface area contributed by atoms with Crippen LogP contribution in [-0.2, 0) is 27.9 Å². The first-order valence-corrected chi connectivity index (χ1v) is 35.0. The van der Waals surface area contributed by atoms with Crippen molar-refractivity contribution in [3.8, 4) is 0 Å². The normalized spacial score (nSPS) is 14.4. The number of hydrogen-bond acceptors (Lipinski definition) is 6. The minimum absolute atomic E-state index is 0.0232. The molecule has 474 valence electrons. The maximum absolute atomic E-state index is 13.6. The van der Waals surface area contributed by atoms with E-state index in [2.05, 4.69) is 148 Å². The number of nitrogens with zero attached hydrogens (tertiary/aromatic N) is 1. The van der Waals surface area contributed by atoms with Gasteiger partial charge in [-0.1, -0.05) is 264 Å². The Kier molecular flexibility index (Phi) is 58.4. The van der Waals surface area contributed by atoms with Gasteiger partial charge < -0.3 is 19.4 Å². The van der Waals surface area contributed by atoms with Gasteiger partial charge in [0.05, 0.1) is 33.8 Å². The number of phosphoric acid groups is 1. The molecule has 0 radical (unpaired) electrons. The van der Waals surface area contributed by atoms with E-state index in [1.807, 2.05) is 33.3 Å². The van der Waals surface area contributed by atoms with Gasteiger partial charge in [-0.15, -0.1) is 0 Å². The van der Waals surface area contributed by atoms with Crippen molar-refractivity contribution in [2.75, 3.05) is 40.9 Å². The van der Waals surface area contributed by atoms with Crippen molar-refractivity contribution in [3.05, 3.63) is 134 Å². The Labute approximate surface area is 511 Å². The summed E-state index contributed by atoms with van der Waals surface area (Å²) >= 11 is 0. The molecule has 0 aromatic heterocycles. The Morgan fingerprint density at radius 3 is 1.20 bits per heavy atom. The second kappa shape index (κ2) is 61.2. The van der Waals surface area contributed by atoms with E-state index in [0.717, 1.165) is 116 Å². The van der Waals surface area contributed by atoms with Crippen LogP contribution in [0.2, 0.25) is 0 Å². The van der Waals surface area contributed by atoms with Crippen LogP contribution in [0.15, 0.2) is 134 Å². The monoisotopic (exact) mass is 1170 g/mol. The fourth-order valence-electron chi connectivity index (χ4n) is 8.94. The summed E-state index contributed by atoms with van der Waals surface area (Å²) in [6.07, 6.45) is 87.5. The Hall–Kier alpha value is -3.85. The third-order valence-corrected chi connectivity index (χ3v) is 15.1. The summed E-state index contributed by atoms with van der Waals surface area (Å²) in [5, 5.41) is 3.04. The summed E-state index contributed by atoms with van der Waals surface area (Å²) < 4.78 is 30.7. The van der Waals surface area contributed by atoms with Crippen LogP contribution in [0, 0.1) is 0 Å². The Morgan fingerprint density at radius 2 is 0.783 bits per heavy atom. The van der Waals surface area contributed by atoms with Gasteiger partial charge in [-0.3, -0.25) is 18.6 Å². The molecule has 0 aliphatic carbocycles. The van der Waals surface area contributed by atoms with E-state index < -0.39 is 20.0 Å². The zero-order chi connectivity index (χ0) is 60.7. The van der Waals surface area contributed by atoms with E-state index in [-0.39, 0.29) is 31.5 Å². The molecule has 10 heteroatoms. The standard InChI is InChI=1S/C73H125N2O7P/c1-7-10-13-16-19-22-25-28-30-32-33-34-35-36-37-38-39-40-41-43-44-47-50-53-56-59-62-65-72(76)74-70(69-81-83(78,79)80-68-67-75(4,5)6)71(64-61-58-55-52-49-46-27-24-21-18-15-12-9-3)82-73(77)66-63-60-57-54-51-48-45-42-31-29-26-23-20-17-14-11-8-2/h10,13,19-20,22-23,28-31,33-34,36-37,39-40,45,48,54,57,61,64,70-71H,7-9,11-12,14-18,21,24-27,32,35,38,41-44,46-47,49-53,55-56,58-60,62-63,65-69H2,1-6H3,(H-,74,76,78,79)/p+1/b13-10-,22-19-,23-20-,30-28-,31-29-,34-33-,37-36-,40-39-,48-45-,57-54-,64-61-. The summed E-state index contributed by atoms with van der Waals surface area (Å²) in [4.78, 5) is 37.8. The first-order valence-electron chi connectivity index (χ1n) is 33.5. The van der Waals surface area contributed by atoms with Gasteiger partial charge in [0, 0.05) is 12.8 Å². The number of quaternary nitrogens is 1. The molecule has 3 unspecified atom stereocenters. The molecule has 2 N–H and O–H groups in total. The third kappa shape index (κ3) is 62.5. The zero-order valence-electron chi connectivity index (χ0n) is 54.1. The highest BCUT2D eigenvalue weighted by Gasteiger charge is 2.30. The van der Waals surface area contributed by atoms with Crippen molar-refractivity contribution in [1.82, 2.24) is 5.32 Å². The lowest BCUT2D eigenvalue weighted by Gasteiger charge is -2.27. The Morgan fingerprint density at radius 1 is 0.434 bits per heavy atom. The van der Waals surface area contributed by atoms with Crippen LogP contribution in [0.5, 0.6) is 0 Å². The molecule has 0 spiro atoms. The number of allylic oxidation sites excluding steroid dienone is 21. The van der Waals surface area contributed by atoms with Crippen LogP contribution < -0.4 is 5.32 Å². The summed E-state index contributed by atoms with van der Waals surface area (Å²) in [7, 11) is 1.44. The minimum atomic E-state index is -4.48. The van der Waals surface area contributed by atoms with Gasteiger partial charge in [0.2, 0.25) is 5.91 Å². The summed E-state index contributed by atoms with van der Waals surface area (Å²) in [6.45, 7) is 6.82. The predicted molar refractivity (Wildman–Crippen MR) is 359 cm³/mol. The molecule has 83 heavy (non-hydrogen) atoms. The molecule has 1 amide bonds. The van der Waals surface area contributed by atoms with Gasteiger partial charge in [0.1, 0.15) is 19.3 Å². The van der Waals surface area contributed by atoms with Crippen molar-refractivity contribution in [1.29, 1.82) is 0 Å². The highest BCUT2D eigenvalue weighted by Crippen LogP contribution is 2.43. The quantitative estimate of drug-likeness (QED) is 0.0205. The molecule has 9 nitrogen and oxygen atoms in total. The van der Waals surface area contributed by atoms with E-state index in [1.54, 1.807) is 0 Å². The molecule has 0 aromatic rings. The summed E-state index contributed by atoms with van der Waals surface area (Å²) in [5.74, 6) is -0.586. The second-order valence-electron chi connectivity index (χ2n) is 23.3. The van der Waals surface area contributed by atoms with Crippen LogP contribution in [0.1, 0.15) is 265 Å². The number of carbonyl (C=O) groups excluding carboxylic acids is 2. The highest BCUT2D eigenvalue weighted by atomic mass is 31.2. The van der Waals surface area contributed by atoms with Crippen LogP contribution in [0.25, 0.3) is 0 Å². The van der Waals surface area contributed by atoms with Gasteiger partial charge in [-0.05, 0) is 122 Å². The first kappa shape index (κ1) is 79.2. The fourth-order valence-corrected chi connectivity index (χ4v) is 9.67. The number of esters is 1. The topological polar surface area (TPSA) is 111 Å². The van der Waals surface area contributed by atoms with Gasteiger partial charge in [-0.25, -0.2) is 4.57 Å². The van der Waals surface area contributed by atoms with Crippen molar-refractivity contribution < 1.29 is 37.3 Å². The van der Waals surface area contributed by atoms with Crippen molar-refractivity contribution in [3.63, 3.8) is 0 Å². The fraction of sp³-hybridized carbons (Fsp3) is 0.671. The Balaban J connectivity index is 5.24. The van der Waals surface area contributed by atoms with E-state index >= 15 is 0 Å². The molecule has 0 rings (SSSR count). The third-order valence-electron chi connectivity index (χ3n) is 14.1. The first-order chi connectivity index (χ1) is 40.4. The predicted octanol–water partition coefficient (Wildman–Crippen LogP) is 21.2. The molecular weight excluding hydrogens is 1050 g/mol. The number of unbranched alkanes of at least 4 members (excludes halogenated alkanes) is 23. The molecule has 0 aliphatic rings. The molecule has 3 atom stereocenters. The maximum atomic E-state index is 13.6. The van der Waals surface area contributed by atoms with Crippen LogP contribution in [0.3, 0.4) is 0 Å². The molecule has 0 saturated heterocycles. The smallest absolute Gasteiger partial charge is 0.456 e. The van der Waals surface area contributed by atoms with Crippen LogP contribution >= 0.6 is 7.82 Å². The molecule has 0 bridgehead atoms. The number of carbonyl (C=O) groups is 2. The van der Waals surface area contributed by atoms with Gasteiger partial charge in [-0.2, -0.15) is 0 Å². The molecule has 0 heterocycles. The molecule has 0 aromatic carbocycles. The molecule has 0 aliphatic heterocycles. The molecular formula is C73H126N2O7P+. The largest absolute Gasteiger partial charge is 0.472 e. The van der Waals surface area contributed by atoms with Crippen molar-refractivity contribution in [2.24, 2.45) is 0 Å². The number of hydrogen-bond donors (Lipinski definition) is 2. The number of rotatable bonds is 59. The SMILES string of the molecule is CC/C=C\C/C=C\C/C=C\C/C=C\C/C=C\C/C=C\CCCCCCCCCCC(=O)NC(COP(=O)(O)OCC[N+](C)(C)C)C(/C=C\CCCCCCCCCCCCC)OC(=O)CCC/C=C\C/C=C\C/C=C\C/C=C\CCCCC. The van der Waals surface area contributed by atoms with E-state index in [0.29, 0.717) is 23.9 Å². The lowest BCUT2D eigenvalue weighted by Crippen LogP contribution is -2.47. The maximum Gasteiger partial charge on any atom is 0.472 e. The number of amides is 1. The number of nitrogens with one attached hydrogen (secondary N) is 1. The summed E-state index contributed by atoms with van der Waals surface area (Å²) in [5.41, 5.74) is 0. The van der Waals surface area contributed by atoms with Crippen molar-refractivity contribution in [2.45, 2.75) is 277 Å². The minimum Gasteiger partial charge on any atom is -0.456 e. The van der Waals surface area contributed by atoms with E-state index in [1.165, 1.54) is 109 Å². The molecule has 0 saturated carbocycles. The lowest BCUT2D eigenvalue weighted by atomic mass is 10.0. The average molecular weight is 1170 g/mol. The van der Waals surface area contributed by atoms with Gasteiger partial charge >= 0.3 is 13.8 Å². The lowest BCUT2D eigenvalue weighted by molar-refractivity contribution is -0.870. The van der Waals surface area contributed by atoms with E-state index in [4.69, 9.17) is 13.8 Å². The van der Waals surface area contributed by atoms with Gasteiger partial charge in [0.25, 0.3) is 0 Å². The van der Waals surface area contributed by atoms with Crippen molar-refractivity contribution >= 4 is 19.7 Å². The van der Waals surface area contributed by atoms with Gasteiger partial charge in [0.15, 0.2) is 0 Å². The second-order valence-corrected chi connectivity index (χ2v) is 24.7. The zero-order valence-corrected chi connectivity index (χ0v) is 55.0. The average Bonchev–Trinajstić information content (AvgIpc) is 3.47. The number of ether oxygens (including phenoxy) is 1. The summed E-state index contributed by atoms with van der Waals surface area (Å²) in [6, 6.07) is -0.885. The van der Waals surface area contributed by atoms with Crippen LogP contribution in [0.4, 0.5) is 0 Å².